The number of aryl methyl sites for hydroxylation is 2. The van der Waals surface area contributed by atoms with Crippen LogP contribution in [0.4, 0.5) is 0 Å². The molecule has 0 saturated carbocycles. The van der Waals surface area contributed by atoms with Crippen LogP contribution in [-0.2, 0) is 10.2 Å². The third-order valence-electron chi connectivity index (χ3n) is 2.78. The van der Waals surface area contributed by atoms with Crippen LogP contribution in [0.1, 0.15) is 23.6 Å². The lowest BCUT2D eigenvalue weighted by atomic mass is 9.80. The summed E-state index contributed by atoms with van der Waals surface area (Å²) in [6, 6.07) is 5.62. The molecule has 15 heavy (non-hydrogen) atoms. The number of carboxylic acids is 1. The van der Waals surface area contributed by atoms with Crippen molar-refractivity contribution in [3.63, 3.8) is 0 Å². The molecule has 0 saturated heterocycles. The highest BCUT2D eigenvalue weighted by Gasteiger charge is 2.35. The van der Waals surface area contributed by atoms with Crippen LogP contribution in [0.3, 0.4) is 0 Å². The SMILES string of the molecule is Cc1ccc(C)c(C(C)(CO)C(=O)O)c1. The Morgan fingerprint density at radius 3 is 2.47 bits per heavy atom. The lowest BCUT2D eigenvalue weighted by Crippen LogP contribution is -2.37. The molecule has 0 heterocycles. The molecule has 0 radical (unpaired) electrons. The number of aliphatic carboxylic acids is 1. The molecular weight excluding hydrogens is 192 g/mol. The minimum Gasteiger partial charge on any atom is -0.481 e. The van der Waals surface area contributed by atoms with Crippen molar-refractivity contribution in [2.45, 2.75) is 26.2 Å². The second-order valence-corrected chi connectivity index (χ2v) is 4.11. The second-order valence-electron chi connectivity index (χ2n) is 4.11. The molecule has 82 valence electrons. The molecule has 1 aromatic carbocycles. The Balaban J connectivity index is 3.35. The smallest absolute Gasteiger partial charge is 0.316 e. The fourth-order valence-corrected chi connectivity index (χ4v) is 1.60. The molecule has 1 atom stereocenters. The minimum absolute atomic E-state index is 0.396. The average Bonchev–Trinajstić information content (AvgIpc) is 2.20. The molecule has 0 amide bonds. The van der Waals surface area contributed by atoms with Crippen LogP contribution in [-0.4, -0.2) is 22.8 Å². The Kier molecular flexibility index (Phi) is 3.15. The molecule has 0 spiro atoms. The van der Waals surface area contributed by atoms with E-state index in [-0.39, 0.29) is 0 Å². The number of hydrogen-bond acceptors (Lipinski definition) is 2. The maximum absolute atomic E-state index is 11.2. The van der Waals surface area contributed by atoms with Crippen molar-refractivity contribution in [2.24, 2.45) is 0 Å². The van der Waals surface area contributed by atoms with Crippen LogP contribution in [0.2, 0.25) is 0 Å². The van der Waals surface area contributed by atoms with Crippen molar-refractivity contribution in [1.29, 1.82) is 0 Å². The summed E-state index contributed by atoms with van der Waals surface area (Å²) < 4.78 is 0. The third kappa shape index (κ3) is 2.02. The van der Waals surface area contributed by atoms with Gasteiger partial charge >= 0.3 is 5.97 Å². The number of aliphatic hydroxyl groups is 1. The molecule has 1 aromatic rings. The maximum atomic E-state index is 11.2. The van der Waals surface area contributed by atoms with E-state index in [0.717, 1.165) is 11.1 Å². The molecule has 2 N–H and O–H groups in total. The number of rotatable bonds is 3. The Hall–Kier alpha value is -1.35. The highest BCUT2D eigenvalue weighted by molar-refractivity contribution is 5.81. The van der Waals surface area contributed by atoms with Gasteiger partial charge in [0, 0.05) is 0 Å². The van der Waals surface area contributed by atoms with Crippen LogP contribution >= 0.6 is 0 Å². The van der Waals surface area contributed by atoms with E-state index >= 15 is 0 Å². The monoisotopic (exact) mass is 208 g/mol. The molecule has 1 rings (SSSR count). The van der Waals surface area contributed by atoms with E-state index in [0.29, 0.717) is 5.56 Å². The van der Waals surface area contributed by atoms with E-state index in [2.05, 4.69) is 0 Å². The van der Waals surface area contributed by atoms with Crippen LogP contribution in [0.15, 0.2) is 18.2 Å². The lowest BCUT2D eigenvalue weighted by Gasteiger charge is -2.25. The Morgan fingerprint density at radius 2 is 2.00 bits per heavy atom. The van der Waals surface area contributed by atoms with Crippen LogP contribution in [0.5, 0.6) is 0 Å². The first-order valence-corrected chi connectivity index (χ1v) is 4.84. The third-order valence-corrected chi connectivity index (χ3v) is 2.78. The first-order chi connectivity index (χ1) is 6.91. The number of carbonyl (C=O) groups is 1. The summed E-state index contributed by atoms with van der Waals surface area (Å²) in [5.41, 5.74) is 1.35. The van der Waals surface area contributed by atoms with Gasteiger partial charge in [0.15, 0.2) is 0 Å². The van der Waals surface area contributed by atoms with Crippen molar-refractivity contribution >= 4 is 5.97 Å². The van der Waals surface area contributed by atoms with Crippen LogP contribution in [0.25, 0.3) is 0 Å². The van der Waals surface area contributed by atoms with E-state index in [9.17, 15) is 9.90 Å². The molecule has 0 aliphatic heterocycles. The summed E-state index contributed by atoms with van der Waals surface area (Å²) in [6.07, 6.45) is 0. The minimum atomic E-state index is -1.21. The van der Waals surface area contributed by atoms with Crippen molar-refractivity contribution in [3.8, 4) is 0 Å². The number of benzene rings is 1. The summed E-state index contributed by atoms with van der Waals surface area (Å²) in [4.78, 5) is 11.2. The van der Waals surface area contributed by atoms with Gasteiger partial charge in [-0.05, 0) is 31.9 Å². The van der Waals surface area contributed by atoms with Gasteiger partial charge in [-0.2, -0.15) is 0 Å². The Morgan fingerprint density at radius 1 is 1.40 bits per heavy atom. The topological polar surface area (TPSA) is 57.5 Å². The highest BCUT2D eigenvalue weighted by atomic mass is 16.4. The summed E-state index contributed by atoms with van der Waals surface area (Å²) in [5, 5.41) is 18.4. The van der Waals surface area contributed by atoms with Crippen molar-refractivity contribution in [3.05, 3.63) is 34.9 Å². The normalized spacial score (nSPS) is 14.7. The number of aliphatic hydroxyl groups excluding tert-OH is 1. The molecule has 1 unspecified atom stereocenters. The standard InChI is InChI=1S/C12H16O3/c1-8-4-5-9(2)10(6-8)12(3,7-13)11(14)15/h4-6,13H,7H2,1-3H3,(H,14,15). The van der Waals surface area contributed by atoms with Gasteiger partial charge in [0.05, 0.1) is 6.61 Å². The van der Waals surface area contributed by atoms with Gasteiger partial charge in [0.2, 0.25) is 0 Å². The first-order valence-electron chi connectivity index (χ1n) is 4.84. The molecular formula is C12H16O3. The second kappa shape index (κ2) is 4.03. The zero-order valence-corrected chi connectivity index (χ0v) is 9.24. The van der Waals surface area contributed by atoms with Crippen LogP contribution in [0, 0.1) is 13.8 Å². The lowest BCUT2D eigenvalue weighted by molar-refractivity contribution is -0.144. The largest absolute Gasteiger partial charge is 0.481 e. The zero-order chi connectivity index (χ0) is 11.6. The molecule has 3 nitrogen and oxygen atoms in total. The number of hydrogen-bond donors (Lipinski definition) is 2. The van der Waals surface area contributed by atoms with Gasteiger partial charge in [-0.25, -0.2) is 0 Å². The average molecular weight is 208 g/mol. The molecule has 0 aliphatic rings. The first kappa shape index (κ1) is 11.7. The van der Waals surface area contributed by atoms with Crippen molar-refractivity contribution in [2.75, 3.05) is 6.61 Å². The van der Waals surface area contributed by atoms with E-state index in [1.807, 2.05) is 32.0 Å². The summed E-state index contributed by atoms with van der Waals surface area (Å²) in [7, 11) is 0. The van der Waals surface area contributed by atoms with E-state index in [4.69, 9.17) is 5.11 Å². The molecule has 3 heteroatoms. The summed E-state index contributed by atoms with van der Waals surface area (Å²) in [5.74, 6) is -1.00. The van der Waals surface area contributed by atoms with E-state index in [1.165, 1.54) is 6.92 Å². The maximum Gasteiger partial charge on any atom is 0.316 e. The number of carboxylic acid groups (broad SMARTS) is 1. The highest BCUT2D eigenvalue weighted by Crippen LogP contribution is 2.27. The molecule has 0 bridgehead atoms. The van der Waals surface area contributed by atoms with Gasteiger partial charge in [-0.15, -0.1) is 0 Å². The fraction of sp³-hybridized carbons (Fsp3) is 0.417. The Bertz CT molecular complexity index is 384. The van der Waals surface area contributed by atoms with Gasteiger partial charge in [0.1, 0.15) is 5.41 Å². The van der Waals surface area contributed by atoms with Crippen LogP contribution < -0.4 is 0 Å². The molecule has 0 aromatic heterocycles. The Labute approximate surface area is 89.4 Å². The van der Waals surface area contributed by atoms with Crippen molar-refractivity contribution < 1.29 is 15.0 Å². The van der Waals surface area contributed by atoms with E-state index in [1.54, 1.807) is 0 Å². The van der Waals surface area contributed by atoms with Gasteiger partial charge < -0.3 is 10.2 Å². The quantitative estimate of drug-likeness (QED) is 0.793. The zero-order valence-electron chi connectivity index (χ0n) is 9.24. The van der Waals surface area contributed by atoms with Gasteiger partial charge in [-0.1, -0.05) is 23.8 Å². The van der Waals surface area contributed by atoms with Gasteiger partial charge in [-0.3, -0.25) is 4.79 Å². The van der Waals surface area contributed by atoms with Gasteiger partial charge in [0.25, 0.3) is 0 Å². The molecule has 0 fully saturated rings. The predicted molar refractivity (Wildman–Crippen MR) is 58.0 cm³/mol. The van der Waals surface area contributed by atoms with E-state index < -0.39 is 18.0 Å². The summed E-state index contributed by atoms with van der Waals surface area (Å²) in [6.45, 7) is 4.90. The predicted octanol–water partition coefficient (Wildman–Crippen LogP) is 1.64. The van der Waals surface area contributed by atoms with Crippen molar-refractivity contribution in [1.82, 2.24) is 0 Å². The fourth-order valence-electron chi connectivity index (χ4n) is 1.60. The summed E-state index contributed by atoms with van der Waals surface area (Å²) >= 11 is 0. The molecule has 0 aliphatic carbocycles.